The SMILES string of the molecule is CCCOCC1CC(CN)OC(C)(C)O1. The molecule has 1 heterocycles. The molecule has 2 atom stereocenters. The topological polar surface area (TPSA) is 53.7 Å². The fraction of sp³-hybridized carbons (Fsp3) is 1.00. The second kappa shape index (κ2) is 5.80. The monoisotopic (exact) mass is 217 g/mol. The largest absolute Gasteiger partial charge is 0.379 e. The van der Waals surface area contributed by atoms with Crippen LogP contribution >= 0.6 is 0 Å². The smallest absolute Gasteiger partial charge is 0.163 e. The van der Waals surface area contributed by atoms with E-state index < -0.39 is 5.79 Å². The van der Waals surface area contributed by atoms with Crippen molar-refractivity contribution >= 4 is 0 Å². The molecule has 0 radical (unpaired) electrons. The second-order valence-corrected chi connectivity index (χ2v) is 4.43. The molecule has 90 valence electrons. The number of hydrogen-bond acceptors (Lipinski definition) is 4. The van der Waals surface area contributed by atoms with Crippen LogP contribution in [0.2, 0.25) is 0 Å². The van der Waals surface area contributed by atoms with Crippen molar-refractivity contribution in [2.24, 2.45) is 5.73 Å². The Morgan fingerprint density at radius 1 is 1.33 bits per heavy atom. The summed E-state index contributed by atoms with van der Waals surface area (Å²) >= 11 is 0. The van der Waals surface area contributed by atoms with Gasteiger partial charge in [0.1, 0.15) is 0 Å². The van der Waals surface area contributed by atoms with Crippen LogP contribution in [-0.4, -0.2) is 37.8 Å². The van der Waals surface area contributed by atoms with Gasteiger partial charge in [-0.25, -0.2) is 0 Å². The van der Waals surface area contributed by atoms with E-state index in [4.69, 9.17) is 19.9 Å². The zero-order chi connectivity index (χ0) is 11.3. The van der Waals surface area contributed by atoms with Crippen LogP contribution in [0.5, 0.6) is 0 Å². The molecule has 2 N–H and O–H groups in total. The third kappa shape index (κ3) is 4.47. The lowest BCUT2D eigenvalue weighted by Gasteiger charge is -2.40. The molecule has 1 fully saturated rings. The highest BCUT2D eigenvalue weighted by atomic mass is 16.7. The molecule has 0 aliphatic carbocycles. The average molecular weight is 217 g/mol. The maximum atomic E-state index is 5.75. The maximum Gasteiger partial charge on any atom is 0.163 e. The van der Waals surface area contributed by atoms with E-state index in [9.17, 15) is 0 Å². The van der Waals surface area contributed by atoms with Crippen LogP contribution in [0.4, 0.5) is 0 Å². The lowest BCUT2D eigenvalue weighted by atomic mass is 10.1. The summed E-state index contributed by atoms with van der Waals surface area (Å²) < 4.78 is 16.9. The second-order valence-electron chi connectivity index (χ2n) is 4.43. The summed E-state index contributed by atoms with van der Waals surface area (Å²) in [6, 6.07) is 0. The minimum absolute atomic E-state index is 0.0870. The number of nitrogens with two attached hydrogens (primary N) is 1. The predicted molar refractivity (Wildman–Crippen MR) is 58.6 cm³/mol. The Morgan fingerprint density at radius 2 is 2.00 bits per heavy atom. The predicted octanol–water partition coefficient (Wildman–Crippen LogP) is 1.28. The summed E-state index contributed by atoms with van der Waals surface area (Å²) in [7, 11) is 0. The first kappa shape index (κ1) is 12.9. The minimum Gasteiger partial charge on any atom is -0.379 e. The van der Waals surface area contributed by atoms with Crippen LogP contribution in [0.15, 0.2) is 0 Å². The molecular weight excluding hydrogens is 194 g/mol. The first-order valence-corrected chi connectivity index (χ1v) is 5.71. The fourth-order valence-electron chi connectivity index (χ4n) is 1.83. The van der Waals surface area contributed by atoms with E-state index in [0.29, 0.717) is 13.2 Å². The summed E-state index contributed by atoms with van der Waals surface area (Å²) in [5.74, 6) is -0.539. The average Bonchev–Trinajstić information content (AvgIpc) is 2.16. The Labute approximate surface area is 92.1 Å². The molecule has 15 heavy (non-hydrogen) atoms. The van der Waals surface area contributed by atoms with Gasteiger partial charge in [0.2, 0.25) is 0 Å². The van der Waals surface area contributed by atoms with Gasteiger partial charge in [0.25, 0.3) is 0 Å². The van der Waals surface area contributed by atoms with E-state index in [1.807, 2.05) is 13.8 Å². The van der Waals surface area contributed by atoms with Gasteiger partial charge < -0.3 is 19.9 Å². The van der Waals surface area contributed by atoms with Gasteiger partial charge in [0.05, 0.1) is 18.8 Å². The van der Waals surface area contributed by atoms with Gasteiger partial charge in [-0.3, -0.25) is 0 Å². The highest BCUT2D eigenvalue weighted by molar-refractivity contribution is 4.76. The van der Waals surface area contributed by atoms with Gasteiger partial charge in [-0.1, -0.05) is 6.92 Å². The van der Waals surface area contributed by atoms with Gasteiger partial charge in [0, 0.05) is 19.6 Å². The number of rotatable bonds is 5. The lowest BCUT2D eigenvalue weighted by Crippen LogP contribution is -2.48. The first-order valence-electron chi connectivity index (χ1n) is 5.71. The van der Waals surface area contributed by atoms with E-state index in [1.54, 1.807) is 0 Å². The highest BCUT2D eigenvalue weighted by Crippen LogP contribution is 2.26. The zero-order valence-electron chi connectivity index (χ0n) is 9.99. The fourth-order valence-corrected chi connectivity index (χ4v) is 1.83. The van der Waals surface area contributed by atoms with E-state index in [0.717, 1.165) is 19.4 Å². The van der Waals surface area contributed by atoms with Crippen LogP contribution in [-0.2, 0) is 14.2 Å². The van der Waals surface area contributed by atoms with Crippen molar-refractivity contribution in [1.82, 2.24) is 0 Å². The normalized spacial score (nSPS) is 30.4. The summed E-state index contributed by atoms with van der Waals surface area (Å²) in [5, 5.41) is 0. The van der Waals surface area contributed by atoms with Crippen LogP contribution < -0.4 is 5.73 Å². The van der Waals surface area contributed by atoms with Crippen molar-refractivity contribution in [1.29, 1.82) is 0 Å². The van der Waals surface area contributed by atoms with E-state index in [-0.39, 0.29) is 12.2 Å². The van der Waals surface area contributed by atoms with Gasteiger partial charge >= 0.3 is 0 Å². The van der Waals surface area contributed by atoms with Crippen LogP contribution in [0.1, 0.15) is 33.6 Å². The Balaban J connectivity index is 2.36. The summed E-state index contributed by atoms with van der Waals surface area (Å²) in [5.41, 5.74) is 5.62. The van der Waals surface area contributed by atoms with Crippen molar-refractivity contribution in [3.63, 3.8) is 0 Å². The molecule has 0 aromatic heterocycles. The van der Waals surface area contributed by atoms with Crippen molar-refractivity contribution in [2.75, 3.05) is 19.8 Å². The summed E-state index contributed by atoms with van der Waals surface area (Å²) in [6.45, 7) is 7.89. The quantitative estimate of drug-likeness (QED) is 0.705. The van der Waals surface area contributed by atoms with Gasteiger partial charge in [-0.15, -0.1) is 0 Å². The summed E-state index contributed by atoms with van der Waals surface area (Å²) in [6.07, 6.45) is 2.05. The molecule has 0 amide bonds. The minimum atomic E-state index is -0.539. The van der Waals surface area contributed by atoms with Crippen molar-refractivity contribution in [3.8, 4) is 0 Å². The Morgan fingerprint density at radius 3 is 2.60 bits per heavy atom. The molecule has 0 aromatic rings. The van der Waals surface area contributed by atoms with Crippen LogP contribution in [0, 0.1) is 0 Å². The Bertz CT molecular complexity index is 185. The molecule has 4 nitrogen and oxygen atoms in total. The molecule has 1 aliphatic heterocycles. The van der Waals surface area contributed by atoms with Crippen molar-refractivity contribution in [2.45, 2.75) is 51.6 Å². The van der Waals surface area contributed by atoms with Crippen LogP contribution in [0.3, 0.4) is 0 Å². The Hall–Kier alpha value is -0.160. The van der Waals surface area contributed by atoms with E-state index in [1.165, 1.54) is 0 Å². The third-order valence-corrected chi connectivity index (χ3v) is 2.34. The van der Waals surface area contributed by atoms with Crippen molar-refractivity contribution in [3.05, 3.63) is 0 Å². The standard InChI is InChI=1S/C11H23NO3/c1-4-5-13-8-10-6-9(7-12)14-11(2,3)15-10/h9-10H,4-8,12H2,1-3H3. The summed E-state index contributed by atoms with van der Waals surface area (Å²) in [4.78, 5) is 0. The molecule has 1 aliphatic rings. The van der Waals surface area contributed by atoms with Gasteiger partial charge in [-0.05, 0) is 20.3 Å². The molecule has 0 aromatic carbocycles. The highest BCUT2D eigenvalue weighted by Gasteiger charge is 2.34. The van der Waals surface area contributed by atoms with E-state index >= 15 is 0 Å². The molecular formula is C11H23NO3. The van der Waals surface area contributed by atoms with Gasteiger partial charge in [-0.2, -0.15) is 0 Å². The first-order chi connectivity index (χ1) is 7.07. The zero-order valence-corrected chi connectivity index (χ0v) is 9.99. The molecule has 1 rings (SSSR count). The maximum absolute atomic E-state index is 5.75. The number of ether oxygens (including phenoxy) is 3. The Kier molecular flexibility index (Phi) is 4.99. The molecule has 0 bridgehead atoms. The molecule has 2 unspecified atom stereocenters. The molecule has 4 heteroatoms. The molecule has 1 saturated heterocycles. The molecule has 0 spiro atoms. The number of hydrogen-bond donors (Lipinski definition) is 1. The van der Waals surface area contributed by atoms with E-state index in [2.05, 4.69) is 6.92 Å². The lowest BCUT2D eigenvalue weighted by molar-refractivity contribution is -0.303. The van der Waals surface area contributed by atoms with Gasteiger partial charge in [0.15, 0.2) is 5.79 Å². The van der Waals surface area contributed by atoms with Crippen LogP contribution in [0.25, 0.3) is 0 Å². The third-order valence-electron chi connectivity index (χ3n) is 2.34. The molecule has 0 saturated carbocycles. The van der Waals surface area contributed by atoms with Crippen molar-refractivity contribution < 1.29 is 14.2 Å².